The highest BCUT2D eigenvalue weighted by Crippen LogP contribution is 2.23. The van der Waals surface area contributed by atoms with Crippen LogP contribution in [0.5, 0.6) is 0 Å². The average molecular weight is 256 g/mol. The molecule has 1 fully saturated rings. The van der Waals surface area contributed by atoms with Crippen LogP contribution in [-0.2, 0) is 14.4 Å². The number of hydrogen-bond acceptors (Lipinski definition) is 3. The molecule has 94 valence electrons. The van der Waals surface area contributed by atoms with Gasteiger partial charge in [-0.05, 0) is 19.1 Å². The van der Waals surface area contributed by atoms with Gasteiger partial charge in [-0.25, -0.2) is 0 Å². The number of aryl methyl sites for hydroxylation is 1. The first-order valence-corrected chi connectivity index (χ1v) is 7.20. The molecule has 0 N–H and O–H groups in total. The molecule has 1 heterocycles. The normalized spacial score (nSPS) is 19.4. The zero-order chi connectivity index (χ0) is 12.5. The molecule has 1 aromatic rings. The summed E-state index contributed by atoms with van der Waals surface area (Å²) < 4.78 is 29.6. The maximum Gasteiger partial charge on any atom is 0.342 e. The number of hydroxylamine groups is 3. The van der Waals surface area contributed by atoms with E-state index in [1.54, 1.807) is 24.3 Å². The molecule has 17 heavy (non-hydrogen) atoms. The predicted octanol–water partition coefficient (Wildman–Crippen LogP) is 1.86. The SMILES string of the molecule is Cc1ccc(S(=O)(=O)O[N+]2(C)CCCC2)cc1. The van der Waals surface area contributed by atoms with Gasteiger partial charge in [-0.15, -0.1) is 0 Å². The van der Waals surface area contributed by atoms with Gasteiger partial charge in [0.15, 0.2) is 0 Å². The number of rotatable bonds is 3. The molecule has 0 aromatic heterocycles. The lowest BCUT2D eigenvalue weighted by Gasteiger charge is -2.24. The Hall–Kier alpha value is -0.910. The van der Waals surface area contributed by atoms with Crippen molar-refractivity contribution in [3.8, 4) is 0 Å². The number of hydrogen-bond donors (Lipinski definition) is 0. The number of quaternary nitrogens is 1. The van der Waals surface area contributed by atoms with E-state index in [-0.39, 0.29) is 9.54 Å². The van der Waals surface area contributed by atoms with E-state index in [0.29, 0.717) is 0 Å². The Morgan fingerprint density at radius 3 is 2.18 bits per heavy atom. The Bertz CT molecular complexity index is 487. The highest BCUT2D eigenvalue weighted by molar-refractivity contribution is 7.86. The molecule has 2 rings (SSSR count). The van der Waals surface area contributed by atoms with Crippen LogP contribution in [-0.4, -0.2) is 33.2 Å². The van der Waals surface area contributed by atoms with Crippen LogP contribution in [0.4, 0.5) is 0 Å². The van der Waals surface area contributed by atoms with Crippen molar-refractivity contribution in [3.05, 3.63) is 29.8 Å². The molecule has 1 aliphatic heterocycles. The molecule has 0 aliphatic carbocycles. The van der Waals surface area contributed by atoms with Gasteiger partial charge in [-0.2, -0.15) is 13.1 Å². The van der Waals surface area contributed by atoms with Crippen LogP contribution in [0.15, 0.2) is 29.2 Å². The topological polar surface area (TPSA) is 43.4 Å². The van der Waals surface area contributed by atoms with Crippen LogP contribution < -0.4 is 0 Å². The van der Waals surface area contributed by atoms with Gasteiger partial charge in [0.2, 0.25) is 0 Å². The van der Waals surface area contributed by atoms with Gasteiger partial charge >= 0.3 is 10.1 Å². The van der Waals surface area contributed by atoms with Gasteiger partial charge < -0.3 is 0 Å². The highest BCUT2D eigenvalue weighted by atomic mass is 32.2. The fourth-order valence-corrected chi connectivity index (χ4v) is 3.24. The third kappa shape index (κ3) is 2.86. The van der Waals surface area contributed by atoms with Crippen molar-refractivity contribution in [1.82, 2.24) is 0 Å². The van der Waals surface area contributed by atoms with E-state index in [0.717, 1.165) is 31.5 Å². The van der Waals surface area contributed by atoms with Crippen LogP contribution in [0, 0.1) is 6.92 Å². The van der Waals surface area contributed by atoms with Crippen molar-refractivity contribution in [1.29, 1.82) is 0 Å². The summed E-state index contributed by atoms with van der Waals surface area (Å²) in [5.74, 6) is 0. The predicted molar refractivity (Wildman–Crippen MR) is 64.6 cm³/mol. The van der Waals surface area contributed by atoms with Gasteiger partial charge in [0.05, 0.1) is 4.90 Å². The molecule has 1 aromatic carbocycles. The summed E-state index contributed by atoms with van der Waals surface area (Å²) in [4.78, 5) is 0.231. The zero-order valence-electron chi connectivity index (χ0n) is 10.2. The van der Waals surface area contributed by atoms with Gasteiger partial charge in [0.25, 0.3) is 0 Å². The Kier molecular flexibility index (Phi) is 3.25. The minimum Gasteiger partial charge on any atom is -0.189 e. The average Bonchev–Trinajstić information content (AvgIpc) is 2.64. The van der Waals surface area contributed by atoms with Gasteiger partial charge in [0, 0.05) is 12.8 Å². The summed E-state index contributed by atoms with van der Waals surface area (Å²) in [6, 6.07) is 6.74. The standard InChI is InChI=1S/C12H18NO3S/c1-11-5-7-12(8-6-11)17(14,15)16-13(2)9-3-4-10-13/h5-8H,3-4,9-10H2,1-2H3/q+1. The van der Waals surface area contributed by atoms with E-state index in [4.69, 9.17) is 4.28 Å². The minimum absolute atomic E-state index is 0.163. The Labute approximate surface area is 102 Å². The van der Waals surface area contributed by atoms with Crippen LogP contribution in [0.1, 0.15) is 18.4 Å². The lowest BCUT2D eigenvalue weighted by Crippen LogP contribution is -2.42. The summed E-state index contributed by atoms with van der Waals surface area (Å²) >= 11 is 0. The van der Waals surface area contributed by atoms with Crippen molar-refractivity contribution < 1.29 is 17.3 Å². The quantitative estimate of drug-likeness (QED) is 0.775. The number of likely N-dealkylation sites (tertiary alicyclic amines) is 1. The fourth-order valence-electron chi connectivity index (χ4n) is 2.06. The van der Waals surface area contributed by atoms with Crippen molar-refractivity contribution in [2.24, 2.45) is 0 Å². The first-order valence-electron chi connectivity index (χ1n) is 5.79. The largest absolute Gasteiger partial charge is 0.342 e. The number of nitrogens with zero attached hydrogens (tertiary/aromatic N) is 1. The molecule has 0 radical (unpaired) electrons. The Morgan fingerprint density at radius 2 is 1.65 bits per heavy atom. The minimum atomic E-state index is -3.65. The number of benzene rings is 1. The monoisotopic (exact) mass is 256 g/mol. The smallest absolute Gasteiger partial charge is 0.189 e. The van der Waals surface area contributed by atoms with E-state index < -0.39 is 10.1 Å². The Morgan fingerprint density at radius 1 is 1.12 bits per heavy atom. The van der Waals surface area contributed by atoms with E-state index in [9.17, 15) is 8.42 Å². The summed E-state index contributed by atoms with van der Waals surface area (Å²) in [5, 5.41) is 0. The van der Waals surface area contributed by atoms with E-state index in [1.807, 2.05) is 14.0 Å². The molecule has 1 aliphatic rings. The lowest BCUT2D eigenvalue weighted by molar-refractivity contribution is -1.06. The second-order valence-corrected chi connectivity index (χ2v) is 6.32. The fraction of sp³-hybridized carbons (Fsp3) is 0.500. The van der Waals surface area contributed by atoms with Crippen molar-refractivity contribution in [2.45, 2.75) is 24.7 Å². The first kappa shape index (κ1) is 12.5. The molecule has 0 bridgehead atoms. The lowest BCUT2D eigenvalue weighted by atomic mass is 10.2. The van der Waals surface area contributed by atoms with Crippen molar-refractivity contribution in [2.75, 3.05) is 20.1 Å². The molecule has 0 atom stereocenters. The van der Waals surface area contributed by atoms with Crippen molar-refractivity contribution in [3.63, 3.8) is 0 Å². The molecule has 4 nitrogen and oxygen atoms in total. The molecule has 0 amide bonds. The maximum absolute atomic E-state index is 12.1. The van der Waals surface area contributed by atoms with Gasteiger partial charge in [-0.1, -0.05) is 22.0 Å². The third-order valence-corrected chi connectivity index (χ3v) is 4.51. The molecule has 1 saturated heterocycles. The van der Waals surface area contributed by atoms with Gasteiger partial charge in [-0.3, -0.25) is 0 Å². The van der Waals surface area contributed by atoms with E-state index in [1.165, 1.54) is 0 Å². The van der Waals surface area contributed by atoms with E-state index in [2.05, 4.69) is 0 Å². The summed E-state index contributed by atoms with van der Waals surface area (Å²) in [6.07, 6.45) is 2.03. The second kappa shape index (κ2) is 4.40. The highest BCUT2D eigenvalue weighted by Gasteiger charge is 2.35. The van der Waals surface area contributed by atoms with Crippen LogP contribution in [0.25, 0.3) is 0 Å². The summed E-state index contributed by atoms with van der Waals surface area (Å²) in [7, 11) is -1.83. The van der Waals surface area contributed by atoms with Crippen molar-refractivity contribution >= 4 is 10.1 Å². The Balaban J connectivity index is 2.22. The molecular formula is C12H18NO3S+. The summed E-state index contributed by atoms with van der Waals surface area (Å²) in [6.45, 7) is 3.43. The zero-order valence-corrected chi connectivity index (χ0v) is 11.0. The first-order chi connectivity index (χ1) is 7.91. The molecule has 0 spiro atoms. The molecular weight excluding hydrogens is 238 g/mol. The molecule has 5 heteroatoms. The van der Waals surface area contributed by atoms with Crippen LogP contribution in [0.3, 0.4) is 0 Å². The van der Waals surface area contributed by atoms with E-state index >= 15 is 0 Å². The summed E-state index contributed by atoms with van der Waals surface area (Å²) in [5.41, 5.74) is 1.03. The van der Waals surface area contributed by atoms with Crippen LogP contribution >= 0.6 is 0 Å². The van der Waals surface area contributed by atoms with Crippen LogP contribution in [0.2, 0.25) is 0 Å². The van der Waals surface area contributed by atoms with Gasteiger partial charge in [0.1, 0.15) is 20.1 Å². The molecule has 0 unspecified atom stereocenters. The third-order valence-electron chi connectivity index (χ3n) is 3.10. The second-order valence-electron chi connectivity index (χ2n) is 4.79. The molecule has 0 saturated carbocycles. The maximum atomic E-state index is 12.1.